The van der Waals surface area contributed by atoms with Gasteiger partial charge in [0.25, 0.3) is 5.91 Å². The molecule has 2 amide bonds. The monoisotopic (exact) mass is 385 g/mol. The number of nitrogens with zero attached hydrogens (tertiary/aromatic N) is 1. The molecule has 7 heteroatoms. The summed E-state index contributed by atoms with van der Waals surface area (Å²) in [4.78, 5) is 28.3. The predicted molar refractivity (Wildman–Crippen MR) is 107 cm³/mol. The minimum absolute atomic E-state index is 0.104. The van der Waals surface area contributed by atoms with E-state index >= 15 is 0 Å². The molecule has 0 spiro atoms. The van der Waals surface area contributed by atoms with Crippen LogP contribution >= 0.6 is 11.3 Å². The minimum Gasteiger partial charge on any atom is -0.459 e. The summed E-state index contributed by atoms with van der Waals surface area (Å²) in [7, 11) is 0. The number of amides is 2. The van der Waals surface area contributed by atoms with Gasteiger partial charge in [0, 0.05) is 13.0 Å². The van der Waals surface area contributed by atoms with Crippen LogP contribution in [0.1, 0.15) is 48.7 Å². The molecule has 0 aliphatic rings. The third-order valence-electron chi connectivity index (χ3n) is 4.13. The zero-order valence-electron chi connectivity index (χ0n) is 15.3. The van der Waals surface area contributed by atoms with Crippen LogP contribution in [-0.2, 0) is 11.2 Å². The van der Waals surface area contributed by atoms with E-state index in [1.165, 1.54) is 36.0 Å². The molecule has 0 bridgehead atoms. The number of hydrogen-bond acceptors (Lipinski definition) is 5. The van der Waals surface area contributed by atoms with Gasteiger partial charge in [-0.15, -0.1) is 0 Å². The Morgan fingerprint density at radius 1 is 1.22 bits per heavy atom. The van der Waals surface area contributed by atoms with Gasteiger partial charge in [-0.25, -0.2) is 4.98 Å². The average molecular weight is 385 g/mol. The van der Waals surface area contributed by atoms with Crippen LogP contribution in [0.2, 0.25) is 0 Å². The van der Waals surface area contributed by atoms with Gasteiger partial charge in [0.05, 0.1) is 16.5 Å². The molecule has 0 aliphatic carbocycles. The maximum absolute atomic E-state index is 12.1. The molecular formula is C20H23N3O3S. The molecule has 0 aliphatic heterocycles. The third kappa shape index (κ3) is 5.40. The van der Waals surface area contributed by atoms with Crippen molar-refractivity contribution < 1.29 is 14.0 Å². The van der Waals surface area contributed by atoms with E-state index < -0.39 is 0 Å². The smallest absolute Gasteiger partial charge is 0.286 e. The molecule has 2 aromatic heterocycles. The molecule has 0 fully saturated rings. The van der Waals surface area contributed by atoms with E-state index in [4.69, 9.17) is 4.42 Å². The number of hydrogen-bond donors (Lipinski definition) is 2. The Morgan fingerprint density at radius 2 is 2.11 bits per heavy atom. The van der Waals surface area contributed by atoms with Crippen molar-refractivity contribution in [3.63, 3.8) is 0 Å². The summed E-state index contributed by atoms with van der Waals surface area (Å²) < 4.78 is 6.10. The first kappa shape index (κ1) is 19.1. The summed E-state index contributed by atoms with van der Waals surface area (Å²) >= 11 is 1.49. The number of aryl methyl sites for hydroxylation is 1. The lowest BCUT2D eigenvalue weighted by atomic mass is 10.1. The van der Waals surface area contributed by atoms with Crippen LogP contribution in [0, 0.1) is 0 Å². The van der Waals surface area contributed by atoms with Gasteiger partial charge in [0.1, 0.15) is 0 Å². The fourth-order valence-corrected chi connectivity index (χ4v) is 3.63. The lowest BCUT2D eigenvalue weighted by molar-refractivity contribution is -0.116. The maximum Gasteiger partial charge on any atom is 0.286 e. The van der Waals surface area contributed by atoms with Crippen molar-refractivity contribution in [2.75, 3.05) is 11.9 Å². The highest BCUT2D eigenvalue weighted by molar-refractivity contribution is 7.22. The quantitative estimate of drug-likeness (QED) is 0.535. The number of thiazole rings is 1. The maximum atomic E-state index is 12.1. The molecule has 1 aromatic carbocycles. The van der Waals surface area contributed by atoms with Gasteiger partial charge in [-0.2, -0.15) is 0 Å². The van der Waals surface area contributed by atoms with Crippen LogP contribution in [0.3, 0.4) is 0 Å². The van der Waals surface area contributed by atoms with Gasteiger partial charge in [-0.1, -0.05) is 30.7 Å². The van der Waals surface area contributed by atoms with E-state index in [-0.39, 0.29) is 17.6 Å². The second-order valence-corrected chi connectivity index (χ2v) is 7.34. The van der Waals surface area contributed by atoms with E-state index in [9.17, 15) is 9.59 Å². The molecular weight excluding hydrogens is 362 g/mol. The number of furan rings is 1. The third-order valence-corrected chi connectivity index (χ3v) is 5.06. The van der Waals surface area contributed by atoms with Crippen molar-refractivity contribution >= 4 is 38.5 Å². The van der Waals surface area contributed by atoms with Crippen molar-refractivity contribution in [2.24, 2.45) is 0 Å². The zero-order valence-corrected chi connectivity index (χ0v) is 16.1. The molecule has 142 valence electrons. The van der Waals surface area contributed by atoms with E-state index in [1.54, 1.807) is 12.1 Å². The Balaban J connectivity index is 1.45. The number of aromatic nitrogens is 1. The highest BCUT2D eigenvalue weighted by Gasteiger charge is 2.10. The second kappa shape index (κ2) is 9.32. The number of rotatable bonds is 9. The molecule has 0 radical (unpaired) electrons. The Hall–Kier alpha value is -2.67. The number of unbranched alkanes of at least 4 members (excludes halogenated alkanes) is 1. The first-order chi connectivity index (χ1) is 13.2. The molecule has 0 unspecified atom stereocenters. The largest absolute Gasteiger partial charge is 0.459 e. The van der Waals surface area contributed by atoms with E-state index in [2.05, 4.69) is 34.7 Å². The van der Waals surface area contributed by atoms with Crippen LogP contribution in [0.5, 0.6) is 0 Å². The molecule has 6 nitrogen and oxygen atoms in total. The van der Waals surface area contributed by atoms with Crippen LogP contribution in [-0.4, -0.2) is 23.3 Å². The minimum atomic E-state index is -0.273. The van der Waals surface area contributed by atoms with Gasteiger partial charge >= 0.3 is 0 Å². The summed E-state index contributed by atoms with van der Waals surface area (Å²) in [6, 6.07) is 9.53. The molecule has 3 rings (SSSR count). The van der Waals surface area contributed by atoms with E-state index in [0.29, 0.717) is 24.5 Å². The van der Waals surface area contributed by atoms with Gasteiger partial charge in [-0.05, 0) is 49.1 Å². The number of anilines is 1. The Kier molecular flexibility index (Phi) is 6.59. The van der Waals surface area contributed by atoms with E-state index in [1.807, 2.05) is 6.07 Å². The van der Waals surface area contributed by atoms with Crippen molar-refractivity contribution in [2.45, 2.75) is 39.0 Å². The normalized spacial score (nSPS) is 10.9. The Labute approximate surface area is 162 Å². The van der Waals surface area contributed by atoms with Crippen molar-refractivity contribution in [1.29, 1.82) is 0 Å². The standard InChI is InChI=1S/C20H23N3O3S/c1-2-3-6-14-9-10-15-17(13-14)27-20(22-15)23-18(24)8-4-11-21-19(25)16-7-5-12-26-16/h5,7,9-10,12-13H,2-4,6,8,11H2,1H3,(H,21,25)(H,22,23,24). The number of benzene rings is 1. The molecule has 2 N–H and O–H groups in total. The molecule has 0 saturated heterocycles. The number of nitrogens with one attached hydrogen (secondary N) is 2. The fraction of sp³-hybridized carbons (Fsp3) is 0.350. The summed E-state index contributed by atoms with van der Waals surface area (Å²) in [6.07, 6.45) is 5.72. The lowest BCUT2D eigenvalue weighted by Gasteiger charge is -2.03. The molecule has 2 heterocycles. The van der Waals surface area contributed by atoms with Crippen LogP contribution < -0.4 is 10.6 Å². The van der Waals surface area contributed by atoms with Gasteiger partial charge in [-0.3, -0.25) is 9.59 Å². The summed E-state index contributed by atoms with van der Waals surface area (Å²) in [5.41, 5.74) is 2.21. The number of carbonyl (C=O) groups excluding carboxylic acids is 2. The highest BCUT2D eigenvalue weighted by Crippen LogP contribution is 2.27. The van der Waals surface area contributed by atoms with Crippen LogP contribution in [0.4, 0.5) is 5.13 Å². The summed E-state index contributed by atoms with van der Waals surface area (Å²) in [6.45, 7) is 2.59. The van der Waals surface area contributed by atoms with Gasteiger partial charge < -0.3 is 15.1 Å². The highest BCUT2D eigenvalue weighted by atomic mass is 32.1. The predicted octanol–water partition coefficient (Wildman–Crippen LogP) is 4.38. The first-order valence-corrected chi connectivity index (χ1v) is 9.98. The lowest BCUT2D eigenvalue weighted by Crippen LogP contribution is -2.25. The Bertz CT molecular complexity index is 902. The number of carbonyl (C=O) groups is 2. The topological polar surface area (TPSA) is 84.2 Å². The molecule has 27 heavy (non-hydrogen) atoms. The van der Waals surface area contributed by atoms with Gasteiger partial charge in [0.15, 0.2) is 10.9 Å². The molecule has 0 atom stereocenters. The van der Waals surface area contributed by atoms with Crippen molar-refractivity contribution in [1.82, 2.24) is 10.3 Å². The summed E-state index contributed by atoms with van der Waals surface area (Å²) in [5, 5.41) is 6.18. The van der Waals surface area contributed by atoms with Gasteiger partial charge in [0.2, 0.25) is 5.91 Å². The number of fused-ring (bicyclic) bond motifs is 1. The first-order valence-electron chi connectivity index (χ1n) is 9.16. The molecule has 0 saturated carbocycles. The average Bonchev–Trinajstić information content (AvgIpc) is 3.32. The zero-order chi connectivity index (χ0) is 19.1. The SMILES string of the molecule is CCCCc1ccc2nc(NC(=O)CCCNC(=O)c3ccco3)sc2c1. The summed E-state index contributed by atoms with van der Waals surface area (Å²) in [5.74, 6) is -0.106. The fourth-order valence-electron chi connectivity index (χ4n) is 2.69. The van der Waals surface area contributed by atoms with E-state index in [0.717, 1.165) is 16.6 Å². The molecule has 3 aromatic rings. The second-order valence-electron chi connectivity index (χ2n) is 6.31. The van der Waals surface area contributed by atoms with Crippen LogP contribution in [0.25, 0.3) is 10.2 Å². The Morgan fingerprint density at radius 3 is 2.89 bits per heavy atom. The van der Waals surface area contributed by atoms with Crippen LogP contribution in [0.15, 0.2) is 41.0 Å². The van der Waals surface area contributed by atoms with Crippen molar-refractivity contribution in [3.8, 4) is 0 Å². The van der Waals surface area contributed by atoms with Crippen molar-refractivity contribution in [3.05, 3.63) is 47.9 Å².